The van der Waals surface area contributed by atoms with E-state index in [9.17, 15) is 9.18 Å². The Kier molecular flexibility index (Phi) is 7.21. The molecule has 0 spiro atoms. The number of nitrogens with zero attached hydrogens (tertiary/aromatic N) is 3. The van der Waals surface area contributed by atoms with E-state index in [1.165, 1.54) is 17.2 Å². The Morgan fingerprint density at radius 3 is 2.65 bits per heavy atom. The molecule has 0 radical (unpaired) electrons. The number of hydrogen-bond acceptors (Lipinski definition) is 5. The van der Waals surface area contributed by atoms with Crippen LogP contribution >= 0.6 is 0 Å². The number of H-pyrrole nitrogens is 1. The number of piperazine rings is 1. The lowest BCUT2D eigenvalue weighted by atomic mass is 10.0. The fourth-order valence-corrected chi connectivity index (χ4v) is 4.91. The molecule has 1 amide bonds. The topological polar surface area (TPSA) is 87.5 Å². The molecule has 1 atom stereocenters. The van der Waals surface area contributed by atoms with Gasteiger partial charge < -0.3 is 20.4 Å². The summed E-state index contributed by atoms with van der Waals surface area (Å²) in [7, 11) is 0. The Morgan fingerprint density at radius 2 is 1.89 bits per heavy atom. The van der Waals surface area contributed by atoms with E-state index in [1.807, 2.05) is 18.0 Å². The first-order valence-corrected chi connectivity index (χ1v) is 12.6. The molecule has 7 nitrogen and oxygen atoms in total. The number of ether oxygens (including phenoxy) is 1. The summed E-state index contributed by atoms with van der Waals surface area (Å²) in [4.78, 5) is 24.5. The molecule has 4 aromatic rings. The largest absolute Gasteiger partial charge is 0.453 e. The molecule has 1 fully saturated rings. The monoisotopic (exact) mass is 501 g/mol. The minimum atomic E-state index is -0.725. The summed E-state index contributed by atoms with van der Waals surface area (Å²) < 4.78 is 20.8. The predicted octanol–water partition coefficient (Wildman–Crippen LogP) is 4.33. The normalized spacial score (nSPS) is 15.2. The van der Waals surface area contributed by atoms with Crippen molar-refractivity contribution >= 4 is 16.9 Å². The van der Waals surface area contributed by atoms with Crippen molar-refractivity contribution in [2.24, 2.45) is 5.73 Å². The van der Waals surface area contributed by atoms with Gasteiger partial charge in [0.15, 0.2) is 11.6 Å². The molecule has 0 saturated carbocycles. The molecule has 192 valence electrons. The first-order chi connectivity index (χ1) is 17.9. The average molecular weight is 502 g/mol. The second kappa shape index (κ2) is 10.7. The maximum Gasteiger partial charge on any atom is 0.239 e. The summed E-state index contributed by atoms with van der Waals surface area (Å²) >= 11 is 0. The van der Waals surface area contributed by atoms with E-state index in [0.29, 0.717) is 30.0 Å². The van der Waals surface area contributed by atoms with Crippen LogP contribution < -0.4 is 10.5 Å². The molecular weight excluding hydrogens is 469 g/mol. The number of carbonyl (C=O) groups is 1. The summed E-state index contributed by atoms with van der Waals surface area (Å²) in [6, 6.07) is 14.2. The quantitative estimate of drug-likeness (QED) is 0.394. The van der Waals surface area contributed by atoms with E-state index in [0.717, 1.165) is 30.6 Å². The maximum atomic E-state index is 14.9. The van der Waals surface area contributed by atoms with Gasteiger partial charge in [-0.3, -0.25) is 9.69 Å². The van der Waals surface area contributed by atoms with E-state index in [4.69, 9.17) is 10.5 Å². The number of nitrogens with one attached hydrogen (secondary N) is 1. The van der Waals surface area contributed by atoms with E-state index in [-0.39, 0.29) is 18.1 Å². The van der Waals surface area contributed by atoms with Crippen LogP contribution in [0.1, 0.15) is 22.3 Å². The summed E-state index contributed by atoms with van der Waals surface area (Å²) in [5, 5.41) is 0.817. The Morgan fingerprint density at radius 1 is 1.08 bits per heavy atom. The van der Waals surface area contributed by atoms with E-state index in [1.54, 1.807) is 24.4 Å². The molecule has 1 unspecified atom stereocenters. The Labute approximate surface area is 216 Å². The van der Waals surface area contributed by atoms with E-state index >= 15 is 0 Å². The van der Waals surface area contributed by atoms with Crippen molar-refractivity contribution in [2.75, 3.05) is 26.2 Å². The lowest BCUT2D eigenvalue weighted by Gasteiger charge is -2.36. The van der Waals surface area contributed by atoms with Crippen molar-refractivity contribution in [2.45, 2.75) is 32.9 Å². The number of amides is 1. The fraction of sp³-hybridized carbons (Fsp3) is 0.310. The number of aryl methyl sites for hydroxylation is 2. The highest BCUT2D eigenvalue weighted by Crippen LogP contribution is 2.32. The smallest absolute Gasteiger partial charge is 0.239 e. The summed E-state index contributed by atoms with van der Waals surface area (Å²) in [5.74, 6) is 0.0448. The van der Waals surface area contributed by atoms with Gasteiger partial charge in [-0.05, 0) is 55.2 Å². The summed E-state index contributed by atoms with van der Waals surface area (Å²) in [6.45, 7) is 7.78. The number of benzene rings is 2. The van der Waals surface area contributed by atoms with Crippen LogP contribution in [0.4, 0.5) is 4.39 Å². The number of nitrogens with two attached hydrogens (primary N) is 1. The number of rotatable bonds is 7. The van der Waals surface area contributed by atoms with Gasteiger partial charge >= 0.3 is 0 Å². The third kappa shape index (κ3) is 5.65. The molecule has 2 aromatic carbocycles. The molecule has 1 aliphatic rings. The molecule has 2 aromatic heterocycles. The third-order valence-electron chi connectivity index (χ3n) is 6.89. The first-order valence-electron chi connectivity index (χ1n) is 12.6. The Bertz CT molecular complexity index is 1410. The fourth-order valence-electron chi connectivity index (χ4n) is 4.91. The number of halogens is 1. The molecular formula is C29H32FN5O2. The maximum absolute atomic E-state index is 14.9. The van der Waals surface area contributed by atoms with Gasteiger partial charge in [0.2, 0.25) is 5.91 Å². The van der Waals surface area contributed by atoms with Crippen LogP contribution in [0.2, 0.25) is 0 Å². The van der Waals surface area contributed by atoms with Gasteiger partial charge in [-0.15, -0.1) is 0 Å². The molecule has 1 aliphatic heterocycles. The summed E-state index contributed by atoms with van der Waals surface area (Å²) in [5.41, 5.74) is 11.1. The van der Waals surface area contributed by atoms with E-state index in [2.05, 4.69) is 46.1 Å². The molecule has 37 heavy (non-hydrogen) atoms. The van der Waals surface area contributed by atoms with Crippen molar-refractivity contribution in [3.63, 3.8) is 0 Å². The third-order valence-corrected chi connectivity index (χ3v) is 6.89. The number of aromatic amines is 1. The zero-order chi connectivity index (χ0) is 25.9. The van der Waals surface area contributed by atoms with Gasteiger partial charge in [-0.25, -0.2) is 9.37 Å². The van der Waals surface area contributed by atoms with Gasteiger partial charge in [-0.2, -0.15) is 0 Å². The SMILES string of the molecule is Cc1cccc(CN2CCN(C(=O)C(N)Cc3ccc(Oc4ccnc5[nH]cc(C)c45)c(F)c3)CC2)c1. The van der Waals surface area contributed by atoms with Crippen molar-refractivity contribution in [1.82, 2.24) is 19.8 Å². The van der Waals surface area contributed by atoms with Crippen LogP contribution in [0, 0.1) is 19.7 Å². The zero-order valence-electron chi connectivity index (χ0n) is 21.2. The Hall–Kier alpha value is -3.75. The van der Waals surface area contributed by atoms with Crippen LogP contribution in [-0.4, -0.2) is 57.9 Å². The highest BCUT2D eigenvalue weighted by Gasteiger charge is 2.26. The predicted molar refractivity (Wildman–Crippen MR) is 142 cm³/mol. The van der Waals surface area contributed by atoms with Gasteiger partial charge in [0.1, 0.15) is 11.4 Å². The number of aromatic nitrogens is 2. The van der Waals surface area contributed by atoms with Gasteiger partial charge in [0.25, 0.3) is 0 Å². The molecule has 1 saturated heterocycles. The van der Waals surface area contributed by atoms with Gasteiger partial charge in [0.05, 0.1) is 11.4 Å². The summed E-state index contributed by atoms with van der Waals surface area (Å²) in [6.07, 6.45) is 3.72. The zero-order valence-corrected chi connectivity index (χ0v) is 21.2. The highest BCUT2D eigenvalue weighted by atomic mass is 19.1. The number of hydrogen-bond donors (Lipinski definition) is 2. The van der Waals surface area contributed by atoms with Gasteiger partial charge in [0, 0.05) is 45.1 Å². The van der Waals surface area contributed by atoms with Crippen molar-refractivity contribution < 1.29 is 13.9 Å². The molecule has 3 N–H and O–H groups in total. The molecule has 0 aliphatic carbocycles. The average Bonchev–Trinajstić information content (AvgIpc) is 3.27. The molecule has 5 rings (SSSR count). The standard InChI is InChI=1S/C29H32FN5O2/c1-19-4-3-5-22(14-19)18-34-10-12-35(13-11-34)29(36)24(31)16-21-6-7-25(23(30)15-21)37-26-8-9-32-28-27(26)20(2)17-33-28/h3-9,14-15,17,24H,10-13,16,18,31H2,1-2H3,(H,32,33). The van der Waals surface area contributed by atoms with Crippen LogP contribution in [-0.2, 0) is 17.8 Å². The second-order valence-corrected chi connectivity index (χ2v) is 9.77. The van der Waals surface area contributed by atoms with Crippen LogP contribution in [0.15, 0.2) is 60.9 Å². The lowest BCUT2D eigenvalue weighted by molar-refractivity contribution is -0.134. The molecule has 3 heterocycles. The van der Waals surface area contributed by atoms with Crippen LogP contribution in [0.5, 0.6) is 11.5 Å². The van der Waals surface area contributed by atoms with Crippen LogP contribution in [0.25, 0.3) is 11.0 Å². The van der Waals surface area contributed by atoms with Crippen molar-refractivity contribution in [1.29, 1.82) is 0 Å². The minimum absolute atomic E-state index is 0.0990. The van der Waals surface area contributed by atoms with Crippen molar-refractivity contribution in [3.05, 3.63) is 89.0 Å². The van der Waals surface area contributed by atoms with E-state index < -0.39 is 11.9 Å². The molecule has 0 bridgehead atoms. The van der Waals surface area contributed by atoms with Gasteiger partial charge in [-0.1, -0.05) is 35.9 Å². The number of pyridine rings is 1. The lowest BCUT2D eigenvalue weighted by Crippen LogP contribution is -2.53. The van der Waals surface area contributed by atoms with Crippen molar-refractivity contribution in [3.8, 4) is 11.5 Å². The molecule has 8 heteroatoms. The first kappa shape index (κ1) is 24.9. The highest BCUT2D eigenvalue weighted by molar-refractivity contribution is 5.86. The number of fused-ring (bicyclic) bond motifs is 1. The second-order valence-electron chi connectivity index (χ2n) is 9.77. The number of carbonyl (C=O) groups excluding carboxylic acids is 1. The van der Waals surface area contributed by atoms with Crippen LogP contribution in [0.3, 0.4) is 0 Å². The Balaban J connectivity index is 1.17. The minimum Gasteiger partial charge on any atom is -0.453 e.